The number of carbonyl (C=O) groups is 2. The van der Waals surface area contributed by atoms with Crippen LogP contribution in [0.15, 0.2) is 16.7 Å². The lowest BCUT2D eigenvalue weighted by atomic mass is 10.1. The van der Waals surface area contributed by atoms with E-state index in [1.54, 1.807) is 4.90 Å². The van der Waals surface area contributed by atoms with E-state index in [-0.39, 0.29) is 23.3 Å². The molecule has 2 heterocycles. The molecule has 1 fully saturated rings. The molecule has 5 nitrogen and oxygen atoms in total. The van der Waals surface area contributed by atoms with Crippen LogP contribution in [0.2, 0.25) is 0 Å². The largest absolute Gasteiger partial charge is 0.478 e. The van der Waals surface area contributed by atoms with Crippen LogP contribution in [0.5, 0.6) is 0 Å². The molecule has 2 unspecified atom stereocenters. The number of nitrogens with zero attached hydrogens (tertiary/aromatic N) is 1. The Hall–Kier alpha value is -1.78. The van der Waals surface area contributed by atoms with E-state index in [1.807, 2.05) is 6.92 Å². The van der Waals surface area contributed by atoms with Crippen molar-refractivity contribution >= 4 is 11.9 Å². The van der Waals surface area contributed by atoms with E-state index >= 15 is 0 Å². The second kappa shape index (κ2) is 5.47. The lowest BCUT2D eigenvalue weighted by Crippen LogP contribution is -2.39. The molecule has 1 amide bonds. The molecule has 104 valence electrons. The number of furan rings is 1. The molecule has 0 spiro atoms. The summed E-state index contributed by atoms with van der Waals surface area (Å²) in [7, 11) is 0. The predicted molar refractivity (Wildman–Crippen MR) is 69.2 cm³/mol. The first-order valence-electron chi connectivity index (χ1n) is 6.62. The summed E-state index contributed by atoms with van der Waals surface area (Å²) in [6.45, 7) is 4.85. The molecular formula is C14H19NO4. The van der Waals surface area contributed by atoms with Crippen LogP contribution in [0.3, 0.4) is 0 Å². The molecule has 0 aromatic carbocycles. The summed E-state index contributed by atoms with van der Waals surface area (Å²) in [5, 5.41) is 8.84. The number of likely N-dealkylation sites (tertiary alicyclic amines) is 1. The van der Waals surface area contributed by atoms with Gasteiger partial charge in [0.2, 0.25) is 0 Å². The normalized spacial score (nSPS) is 24.0. The minimum atomic E-state index is -1.08. The molecule has 1 aromatic heterocycles. The van der Waals surface area contributed by atoms with Gasteiger partial charge in [0.15, 0.2) is 5.76 Å². The lowest BCUT2D eigenvalue weighted by Gasteiger charge is -2.27. The third-order valence-corrected chi connectivity index (χ3v) is 3.68. The summed E-state index contributed by atoms with van der Waals surface area (Å²) in [5.74, 6) is -0.727. The molecule has 1 saturated heterocycles. The molecule has 1 aromatic rings. The Morgan fingerprint density at radius 3 is 2.74 bits per heavy atom. The zero-order valence-electron chi connectivity index (χ0n) is 11.3. The molecule has 5 heteroatoms. The van der Waals surface area contributed by atoms with Crippen molar-refractivity contribution in [2.24, 2.45) is 5.92 Å². The maximum atomic E-state index is 12.4. The number of aromatic carboxylic acids is 1. The fourth-order valence-electron chi connectivity index (χ4n) is 2.51. The maximum Gasteiger partial charge on any atom is 0.338 e. The highest BCUT2D eigenvalue weighted by Crippen LogP contribution is 2.23. The SMILES string of the molecule is CC1CCCC(C)N(C(=O)c2cc(C(=O)O)co2)C1. The first kappa shape index (κ1) is 13.6. The van der Waals surface area contributed by atoms with Gasteiger partial charge in [-0.15, -0.1) is 0 Å². The van der Waals surface area contributed by atoms with Crippen molar-refractivity contribution in [1.82, 2.24) is 4.90 Å². The summed E-state index contributed by atoms with van der Waals surface area (Å²) >= 11 is 0. The van der Waals surface area contributed by atoms with Crippen molar-refractivity contribution in [1.29, 1.82) is 0 Å². The molecule has 0 bridgehead atoms. The molecular weight excluding hydrogens is 246 g/mol. The van der Waals surface area contributed by atoms with E-state index in [1.165, 1.54) is 6.07 Å². The van der Waals surface area contributed by atoms with E-state index in [2.05, 4.69) is 6.92 Å². The van der Waals surface area contributed by atoms with Crippen molar-refractivity contribution in [3.05, 3.63) is 23.7 Å². The van der Waals surface area contributed by atoms with Gasteiger partial charge < -0.3 is 14.4 Å². The van der Waals surface area contributed by atoms with Crippen LogP contribution in [-0.4, -0.2) is 34.5 Å². The number of hydrogen-bond acceptors (Lipinski definition) is 3. The van der Waals surface area contributed by atoms with Gasteiger partial charge >= 0.3 is 5.97 Å². The second-order valence-electron chi connectivity index (χ2n) is 5.35. The van der Waals surface area contributed by atoms with Crippen LogP contribution in [0.4, 0.5) is 0 Å². The number of carboxylic acid groups (broad SMARTS) is 1. The van der Waals surface area contributed by atoms with Gasteiger partial charge in [0.25, 0.3) is 5.91 Å². The van der Waals surface area contributed by atoms with E-state index in [9.17, 15) is 9.59 Å². The van der Waals surface area contributed by atoms with Crippen molar-refractivity contribution < 1.29 is 19.1 Å². The zero-order valence-corrected chi connectivity index (χ0v) is 11.3. The topological polar surface area (TPSA) is 70.8 Å². The summed E-state index contributed by atoms with van der Waals surface area (Å²) in [4.78, 5) is 25.0. The van der Waals surface area contributed by atoms with Crippen LogP contribution < -0.4 is 0 Å². The van der Waals surface area contributed by atoms with Gasteiger partial charge in [-0.2, -0.15) is 0 Å². The van der Waals surface area contributed by atoms with Crippen LogP contribution in [0, 0.1) is 5.92 Å². The minimum absolute atomic E-state index is 0.0128. The van der Waals surface area contributed by atoms with Crippen molar-refractivity contribution in [2.45, 2.75) is 39.2 Å². The maximum absolute atomic E-state index is 12.4. The number of hydrogen-bond donors (Lipinski definition) is 1. The Labute approximate surface area is 112 Å². The Morgan fingerprint density at radius 1 is 1.37 bits per heavy atom. The molecule has 1 aliphatic rings. The Balaban J connectivity index is 2.18. The van der Waals surface area contributed by atoms with Crippen molar-refractivity contribution in [2.75, 3.05) is 6.54 Å². The van der Waals surface area contributed by atoms with Gasteiger partial charge in [-0.05, 0) is 25.7 Å². The molecule has 0 saturated carbocycles. The predicted octanol–water partition coefficient (Wildman–Crippen LogP) is 2.63. The van der Waals surface area contributed by atoms with E-state index in [4.69, 9.17) is 9.52 Å². The number of carbonyl (C=O) groups excluding carboxylic acids is 1. The van der Waals surface area contributed by atoms with E-state index in [0.29, 0.717) is 12.5 Å². The fourth-order valence-corrected chi connectivity index (χ4v) is 2.51. The third kappa shape index (κ3) is 2.97. The Morgan fingerprint density at radius 2 is 2.11 bits per heavy atom. The molecule has 0 radical (unpaired) electrons. The Kier molecular flexibility index (Phi) is 3.93. The van der Waals surface area contributed by atoms with E-state index < -0.39 is 5.97 Å². The monoisotopic (exact) mass is 265 g/mol. The van der Waals surface area contributed by atoms with Gasteiger partial charge in [0, 0.05) is 18.7 Å². The molecule has 19 heavy (non-hydrogen) atoms. The van der Waals surface area contributed by atoms with Crippen molar-refractivity contribution in [3.8, 4) is 0 Å². The van der Waals surface area contributed by atoms with Crippen LogP contribution in [0.1, 0.15) is 54.0 Å². The average Bonchev–Trinajstić information content (AvgIpc) is 2.78. The summed E-state index contributed by atoms with van der Waals surface area (Å²) in [6.07, 6.45) is 4.32. The quantitative estimate of drug-likeness (QED) is 0.892. The minimum Gasteiger partial charge on any atom is -0.478 e. The summed E-state index contributed by atoms with van der Waals surface area (Å²) < 4.78 is 5.09. The van der Waals surface area contributed by atoms with Gasteiger partial charge in [-0.3, -0.25) is 4.79 Å². The summed E-state index contributed by atoms with van der Waals surface area (Å²) in [5.41, 5.74) is 0.0128. The van der Waals surface area contributed by atoms with Gasteiger partial charge in [0.1, 0.15) is 6.26 Å². The van der Waals surface area contributed by atoms with Gasteiger partial charge in [0.05, 0.1) is 5.56 Å². The first-order chi connectivity index (χ1) is 8.99. The molecule has 1 aliphatic heterocycles. The highest BCUT2D eigenvalue weighted by molar-refractivity contribution is 5.95. The highest BCUT2D eigenvalue weighted by atomic mass is 16.4. The standard InChI is InChI=1S/C14H19NO4/c1-9-4-3-5-10(2)15(7-9)13(16)12-6-11(8-19-12)14(17)18/h6,8-10H,3-5,7H2,1-2H3,(H,17,18). The van der Waals surface area contributed by atoms with Gasteiger partial charge in [-0.25, -0.2) is 4.79 Å². The molecule has 0 aliphatic carbocycles. The number of rotatable bonds is 2. The fraction of sp³-hybridized carbons (Fsp3) is 0.571. The number of carboxylic acids is 1. The van der Waals surface area contributed by atoms with Crippen LogP contribution in [0.25, 0.3) is 0 Å². The average molecular weight is 265 g/mol. The molecule has 1 N–H and O–H groups in total. The molecule has 2 rings (SSSR count). The van der Waals surface area contributed by atoms with Crippen LogP contribution >= 0.6 is 0 Å². The smallest absolute Gasteiger partial charge is 0.338 e. The summed E-state index contributed by atoms with van der Waals surface area (Å²) in [6, 6.07) is 1.46. The van der Waals surface area contributed by atoms with Crippen molar-refractivity contribution in [3.63, 3.8) is 0 Å². The number of amides is 1. The lowest BCUT2D eigenvalue weighted by molar-refractivity contribution is 0.0643. The van der Waals surface area contributed by atoms with E-state index in [0.717, 1.165) is 25.5 Å². The highest BCUT2D eigenvalue weighted by Gasteiger charge is 2.28. The zero-order chi connectivity index (χ0) is 14.0. The first-order valence-corrected chi connectivity index (χ1v) is 6.62. The van der Waals surface area contributed by atoms with Crippen LogP contribution in [-0.2, 0) is 0 Å². The third-order valence-electron chi connectivity index (χ3n) is 3.68. The second-order valence-corrected chi connectivity index (χ2v) is 5.35. The Bertz CT molecular complexity index is 480. The van der Waals surface area contributed by atoms with Gasteiger partial charge in [-0.1, -0.05) is 13.3 Å². The molecule has 2 atom stereocenters.